The van der Waals surface area contributed by atoms with Crippen molar-refractivity contribution in [2.24, 2.45) is 0 Å². The second-order valence-corrected chi connectivity index (χ2v) is 3.62. The van der Waals surface area contributed by atoms with Crippen molar-refractivity contribution in [3.05, 3.63) is 24.3 Å². The summed E-state index contributed by atoms with van der Waals surface area (Å²) in [6.07, 6.45) is 0. The quantitative estimate of drug-likeness (QED) is 0.486. The molecule has 1 aromatic carbocycles. The Morgan fingerprint density at radius 2 is 1.85 bits per heavy atom. The molecule has 0 fully saturated rings. The van der Waals surface area contributed by atoms with Crippen LogP contribution in [0.5, 0.6) is 0 Å². The van der Waals surface area contributed by atoms with Crippen molar-refractivity contribution >= 4 is 46.6 Å². The minimum atomic E-state index is 0. The van der Waals surface area contributed by atoms with Crippen molar-refractivity contribution in [1.82, 2.24) is 4.98 Å². The first-order valence-corrected chi connectivity index (χ1v) is 4.11. The molecule has 1 nitrogen and oxygen atoms in total. The van der Waals surface area contributed by atoms with E-state index in [1.54, 1.807) is 11.3 Å². The SMILES string of the molecule is Cl.[Cl-].[S-]c1nc2ccccc2s1.[Zn+2]. The van der Waals surface area contributed by atoms with Crippen LogP contribution in [-0.4, -0.2) is 4.98 Å². The summed E-state index contributed by atoms with van der Waals surface area (Å²) in [7, 11) is 0. The van der Waals surface area contributed by atoms with Gasteiger partial charge in [0.15, 0.2) is 0 Å². The Hall–Kier alpha value is 0.533. The molecule has 0 aliphatic rings. The minimum absolute atomic E-state index is 0. The molecule has 0 unspecified atom stereocenters. The Morgan fingerprint density at radius 1 is 1.23 bits per heavy atom. The molecule has 0 N–H and O–H groups in total. The van der Waals surface area contributed by atoms with Gasteiger partial charge in [0.1, 0.15) is 0 Å². The molecule has 0 saturated heterocycles. The number of hydrogen-bond acceptors (Lipinski definition) is 3. The molecule has 0 bridgehead atoms. The zero-order chi connectivity index (χ0) is 6.97. The van der Waals surface area contributed by atoms with Crippen molar-refractivity contribution < 1.29 is 31.9 Å². The van der Waals surface area contributed by atoms with Crippen LogP contribution in [0.15, 0.2) is 28.6 Å². The van der Waals surface area contributed by atoms with E-state index < -0.39 is 0 Å². The zero-order valence-corrected chi connectivity index (χ0v) is 12.7. The van der Waals surface area contributed by atoms with Crippen molar-refractivity contribution in [3.63, 3.8) is 0 Å². The van der Waals surface area contributed by atoms with Gasteiger partial charge in [0.25, 0.3) is 0 Å². The van der Waals surface area contributed by atoms with Crippen molar-refractivity contribution in [2.45, 2.75) is 4.34 Å². The van der Waals surface area contributed by atoms with E-state index in [9.17, 15) is 0 Å². The fourth-order valence-corrected chi connectivity index (χ4v) is 1.92. The summed E-state index contributed by atoms with van der Waals surface area (Å²) in [4.78, 5) is 4.15. The van der Waals surface area contributed by atoms with Crippen LogP contribution in [0.25, 0.3) is 10.2 Å². The van der Waals surface area contributed by atoms with Crippen LogP contribution in [0.2, 0.25) is 0 Å². The molecule has 2 rings (SSSR count). The van der Waals surface area contributed by atoms with Crippen molar-refractivity contribution in [2.75, 3.05) is 0 Å². The van der Waals surface area contributed by atoms with Gasteiger partial charge in [-0.2, -0.15) is 0 Å². The van der Waals surface area contributed by atoms with Crippen LogP contribution in [0.3, 0.4) is 0 Å². The Morgan fingerprint density at radius 3 is 2.46 bits per heavy atom. The van der Waals surface area contributed by atoms with E-state index in [0.717, 1.165) is 9.86 Å². The van der Waals surface area contributed by atoms with Gasteiger partial charge < -0.3 is 36.4 Å². The molecule has 1 aromatic heterocycles. The molecule has 1 heterocycles. The summed E-state index contributed by atoms with van der Waals surface area (Å²) < 4.78 is 1.90. The maximum Gasteiger partial charge on any atom is 2.00 e. The molecule has 0 aliphatic carbocycles. The predicted octanol–water partition coefficient (Wildman–Crippen LogP) is -0.375. The van der Waals surface area contributed by atoms with Crippen molar-refractivity contribution in [1.29, 1.82) is 0 Å². The van der Waals surface area contributed by atoms with Crippen molar-refractivity contribution in [3.8, 4) is 0 Å². The number of rotatable bonds is 0. The van der Waals surface area contributed by atoms with Crippen LogP contribution in [-0.2, 0) is 32.1 Å². The van der Waals surface area contributed by atoms with Gasteiger partial charge in [0.2, 0.25) is 0 Å². The number of aromatic nitrogens is 1. The number of nitrogens with zero attached hydrogens (tertiary/aromatic N) is 1. The molecule has 0 atom stereocenters. The maximum atomic E-state index is 4.92. The molecular weight excluding hydrogens is 299 g/mol. The van der Waals surface area contributed by atoms with E-state index in [4.69, 9.17) is 12.6 Å². The van der Waals surface area contributed by atoms with Gasteiger partial charge in [0, 0.05) is 0 Å². The van der Waals surface area contributed by atoms with E-state index in [-0.39, 0.29) is 44.3 Å². The number of thiazole rings is 1. The average Bonchev–Trinajstić information content (AvgIpc) is 2.27. The van der Waals surface area contributed by atoms with E-state index >= 15 is 0 Å². The first kappa shape index (κ1) is 16.0. The maximum absolute atomic E-state index is 4.92. The van der Waals surface area contributed by atoms with Gasteiger partial charge in [-0.05, 0) is 15.1 Å². The number of hydrogen-bond donors (Lipinski definition) is 0. The first-order chi connectivity index (χ1) is 4.86. The summed E-state index contributed by atoms with van der Waals surface area (Å²) in [6.45, 7) is 0. The topological polar surface area (TPSA) is 12.9 Å². The van der Waals surface area contributed by atoms with E-state index in [1.165, 1.54) is 4.70 Å². The van der Waals surface area contributed by atoms with Crippen LogP contribution >= 0.6 is 23.7 Å². The number of halogens is 2. The first-order valence-electron chi connectivity index (χ1n) is 2.89. The minimum Gasteiger partial charge on any atom is -1.00 e. The normalized spacial score (nSPS) is 8.00. The molecular formula is C7H5Cl2NS2Zn. The summed E-state index contributed by atoms with van der Waals surface area (Å²) in [5.41, 5.74) is 1.01. The van der Waals surface area contributed by atoms with Crippen LogP contribution in [0, 0.1) is 0 Å². The molecule has 0 aliphatic heterocycles. The Bertz CT molecular complexity index is 333. The summed E-state index contributed by atoms with van der Waals surface area (Å²) in [5.74, 6) is 0. The zero-order valence-electron chi connectivity index (χ0n) is 6.57. The van der Waals surface area contributed by atoms with Gasteiger partial charge in [-0.25, -0.2) is 0 Å². The fourth-order valence-electron chi connectivity index (χ4n) is 0.851. The Kier molecular flexibility index (Phi) is 8.49. The second kappa shape index (κ2) is 6.91. The summed E-state index contributed by atoms with van der Waals surface area (Å²) in [6, 6.07) is 7.97. The molecule has 13 heavy (non-hydrogen) atoms. The summed E-state index contributed by atoms with van der Waals surface area (Å²) in [5, 5.41) is 0. The number of para-hydroxylation sites is 1. The standard InChI is InChI=1S/C7H5NS2.2ClH.Zn/c9-7-8-5-3-1-2-4-6(5)10-7;;;/h1-4H,(H,8,9);2*1H;/q;;;+2/p-2. The molecule has 0 radical (unpaired) electrons. The number of fused-ring (bicyclic) bond motifs is 1. The third-order valence-electron chi connectivity index (χ3n) is 1.27. The molecule has 2 aromatic rings. The van der Waals surface area contributed by atoms with Crippen LogP contribution in [0.1, 0.15) is 0 Å². The Labute approximate surface area is 111 Å². The molecule has 0 spiro atoms. The molecule has 0 amide bonds. The van der Waals surface area contributed by atoms with Gasteiger partial charge in [-0.1, -0.05) is 18.2 Å². The largest absolute Gasteiger partial charge is 2.00 e. The third kappa shape index (κ3) is 3.64. The smallest absolute Gasteiger partial charge is 1.00 e. The Balaban J connectivity index is 0. The van der Waals surface area contributed by atoms with Crippen LogP contribution in [0.4, 0.5) is 0 Å². The average molecular weight is 304 g/mol. The van der Waals surface area contributed by atoms with Gasteiger partial charge >= 0.3 is 19.5 Å². The second-order valence-electron chi connectivity index (χ2n) is 1.95. The van der Waals surface area contributed by atoms with E-state index in [0.29, 0.717) is 0 Å². The molecule has 0 saturated carbocycles. The molecule has 66 valence electrons. The van der Waals surface area contributed by atoms with E-state index in [2.05, 4.69) is 4.98 Å². The van der Waals surface area contributed by atoms with Crippen LogP contribution < -0.4 is 12.4 Å². The van der Waals surface area contributed by atoms with Gasteiger partial charge in [-0.15, -0.1) is 12.4 Å². The monoisotopic (exact) mass is 301 g/mol. The van der Waals surface area contributed by atoms with Gasteiger partial charge in [0.05, 0.1) is 5.52 Å². The summed E-state index contributed by atoms with van der Waals surface area (Å²) >= 11 is 6.48. The van der Waals surface area contributed by atoms with Gasteiger partial charge in [-0.3, -0.25) is 4.98 Å². The predicted molar refractivity (Wildman–Crippen MR) is 52.5 cm³/mol. The third-order valence-corrected chi connectivity index (χ3v) is 2.45. The fraction of sp³-hybridized carbons (Fsp3) is 0. The number of benzene rings is 1. The molecule has 6 heteroatoms. The van der Waals surface area contributed by atoms with E-state index in [1.807, 2.05) is 24.3 Å².